The average Bonchev–Trinajstić information content (AvgIpc) is 2.50. The van der Waals surface area contributed by atoms with Crippen LogP contribution in [0.15, 0.2) is 54.9 Å². The predicted molar refractivity (Wildman–Crippen MR) is 76.8 cm³/mol. The number of benzene rings is 2. The molecule has 1 N–H and O–H groups in total. The van der Waals surface area contributed by atoms with E-state index in [9.17, 15) is 13.9 Å². The molecule has 0 saturated heterocycles. The van der Waals surface area contributed by atoms with Crippen molar-refractivity contribution in [1.29, 1.82) is 0 Å². The van der Waals surface area contributed by atoms with Crippen LogP contribution < -0.4 is 0 Å². The van der Waals surface area contributed by atoms with E-state index in [0.29, 0.717) is 5.56 Å². The first-order valence-electron chi connectivity index (χ1n) is 6.60. The molecule has 1 atom stereocenters. The van der Waals surface area contributed by atoms with Crippen LogP contribution >= 0.6 is 0 Å². The predicted octanol–water partition coefficient (Wildman–Crippen LogP) is 3.79. The van der Waals surface area contributed by atoms with E-state index >= 15 is 0 Å². The quantitative estimate of drug-likeness (QED) is 0.794. The molecule has 3 rings (SSSR count). The number of aliphatic hydroxyl groups excluding tert-OH is 1. The number of fused-ring (bicyclic) bond motifs is 1. The Hall–Kier alpha value is -2.33. The second-order valence-electron chi connectivity index (χ2n) is 4.87. The van der Waals surface area contributed by atoms with Gasteiger partial charge in [-0.1, -0.05) is 30.3 Å². The summed E-state index contributed by atoms with van der Waals surface area (Å²) in [5.74, 6) is -1.30. The van der Waals surface area contributed by atoms with Crippen LogP contribution in [0.2, 0.25) is 0 Å². The Morgan fingerprint density at radius 2 is 1.67 bits per heavy atom. The molecule has 0 spiro atoms. The molecule has 0 aliphatic carbocycles. The molecule has 0 aliphatic rings. The maximum atomic E-state index is 13.7. The summed E-state index contributed by atoms with van der Waals surface area (Å²) < 4.78 is 27.3. The van der Waals surface area contributed by atoms with Crippen molar-refractivity contribution < 1.29 is 13.9 Å². The number of pyridine rings is 1. The third-order valence-electron chi connectivity index (χ3n) is 3.52. The summed E-state index contributed by atoms with van der Waals surface area (Å²) >= 11 is 0. The van der Waals surface area contributed by atoms with Crippen LogP contribution in [0.5, 0.6) is 0 Å². The lowest BCUT2D eigenvalue weighted by atomic mass is 9.98. The molecule has 106 valence electrons. The molecule has 0 fully saturated rings. The molecule has 0 radical (unpaired) electrons. The molecule has 3 aromatic rings. The zero-order chi connectivity index (χ0) is 14.8. The molecule has 0 bridgehead atoms. The Bertz CT molecular complexity index is 763. The van der Waals surface area contributed by atoms with Gasteiger partial charge in [-0.3, -0.25) is 4.98 Å². The Labute approximate surface area is 120 Å². The lowest BCUT2D eigenvalue weighted by molar-refractivity contribution is 0.177. The smallest absolute Gasteiger partial charge is 0.129 e. The van der Waals surface area contributed by atoms with Crippen molar-refractivity contribution in [2.24, 2.45) is 0 Å². The Morgan fingerprint density at radius 3 is 2.43 bits per heavy atom. The topological polar surface area (TPSA) is 33.1 Å². The minimum Gasteiger partial charge on any atom is -0.388 e. The van der Waals surface area contributed by atoms with E-state index in [0.717, 1.165) is 10.8 Å². The molecule has 0 saturated carbocycles. The number of hydrogen-bond donors (Lipinski definition) is 1. The number of aliphatic hydroxyl groups is 1. The number of nitrogens with zero attached hydrogens (tertiary/aromatic N) is 1. The number of halogens is 2. The van der Waals surface area contributed by atoms with E-state index in [-0.39, 0.29) is 12.0 Å². The number of hydrogen-bond acceptors (Lipinski definition) is 2. The third-order valence-corrected chi connectivity index (χ3v) is 3.52. The van der Waals surface area contributed by atoms with Crippen molar-refractivity contribution in [3.05, 3.63) is 77.6 Å². The first-order valence-corrected chi connectivity index (χ1v) is 6.60. The molecular formula is C17H13F2NO. The van der Waals surface area contributed by atoms with Gasteiger partial charge in [0.2, 0.25) is 0 Å². The molecule has 1 unspecified atom stereocenters. The second kappa shape index (κ2) is 5.58. The highest BCUT2D eigenvalue weighted by Gasteiger charge is 2.17. The van der Waals surface area contributed by atoms with Gasteiger partial charge in [0, 0.05) is 35.3 Å². The van der Waals surface area contributed by atoms with Gasteiger partial charge >= 0.3 is 0 Å². The summed E-state index contributed by atoms with van der Waals surface area (Å²) in [6, 6.07) is 11.1. The molecule has 4 heteroatoms. The lowest BCUT2D eigenvalue weighted by Gasteiger charge is -2.14. The highest BCUT2D eigenvalue weighted by atomic mass is 19.1. The fraction of sp³-hybridized carbons (Fsp3) is 0.118. The van der Waals surface area contributed by atoms with Crippen LogP contribution in [0, 0.1) is 11.6 Å². The van der Waals surface area contributed by atoms with Crippen molar-refractivity contribution in [2.75, 3.05) is 0 Å². The molecule has 1 aromatic heterocycles. The minimum atomic E-state index is -1.02. The van der Waals surface area contributed by atoms with Crippen LogP contribution in [0.4, 0.5) is 8.78 Å². The van der Waals surface area contributed by atoms with E-state index in [2.05, 4.69) is 4.98 Å². The summed E-state index contributed by atoms with van der Waals surface area (Å²) in [7, 11) is 0. The van der Waals surface area contributed by atoms with Gasteiger partial charge in [-0.05, 0) is 17.5 Å². The van der Waals surface area contributed by atoms with Crippen LogP contribution in [0.3, 0.4) is 0 Å². The van der Waals surface area contributed by atoms with Crippen molar-refractivity contribution in [3.63, 3.8) is 0 Å². The van der Waals surface area contributed by atoms with E-state index in [1.165, 1.54) is 24.4 Å². The fourth-order valence-corrected chi connectivity index (χ4v) is 2.44. The third kappa shape index (κ3) is 2.62. The molecule has 0 aliphatic heterocycles. The van der Waals surface area contributed by atoms with Crippen LogP contribution in [-0.2, 0) is 6.42 Å². The van der Waals surface area contributed by atoms with Gasteiger partial charge in [0.05, 0.1) is 6.10 Å². The van der Waals surface area contributed by atoms with Crippen LogP contribution in [-0.4, -0.2) is 10.1 Å². The summed E-state index contributed by atoms with van der Waals surface area (Å²) in [6.07, 6.45) is 2.07. The van der Waals surface area contributed by atoms with E-state index in [4.69, 9.17) is 0 Å². The molecule has 21 heavy (non-hydrogen) atoms. The minimum absolute atomic E-state index is 0.113. The van der Waals surface area contributed by atoms with Crippen molar-refractivity contribution in [3.8, 4) is 0 Å². The Kier molecular flexibility index (Phi) is 3.62. The maximum Gasteiger partial charge on any atom is 0.129 e. The molecule has 1 heterocycles. The van der Waals surface area contributed by atoms with Crippen molar-refractivity contribution >= 4 is 10.8 Å². The van der Waals surface area contributed by atoms with Gasteiger partial charge in [0.15, 0.2) is 0 Å². The van der Waals surface area contributed by atoms with Gasteiger partial charge in [-0.25, -0.2) is 8.78 Å². The van der Waals surface area contributed by atoms with Crippen LogP contribution in [0.1, 0.15) is 17.2 Å². The van der Waals surface area contributed by atoms with E-state index < -0.39 is 17.7 Å². The number of rotatable bonds is 3. The van der Waals surface area contributed by atoms with Crippen molar-refractivity contribution in [1.82, 2.24) is 4.98 Å². The maximum absolute atomic E-state index is 13.7. The molecular weight excluding hydrogens is 272 g/mol. The summed E-state index contributed by atoms with van der Waals surface area (Å²) in [6.45, 7) is 0. The zero-order valence-corrected chi connectivity index (χ0v) is 11.1. The largest absolute Gasteiger partial charge is 0.388 e. The molecule has 2 nitrogen and oxygen atoms in total. The Balaban J connectivity index is 2.00. The lowest BCUT2D eigenvalue weighted by Crippen LogP contribution is -2.06. The van der Waals surface area contributed by atoms with Gasteiger partial charge in [0.1, 0.15) is 11.6 Å². The van der Waals surface area contributed by atoms with Gasteiger partial charge in [-0.2, -0.15) is 0 Å². The van der Waals surface area contributed by atoms with E-state index in [1.54, 1.807) is 6.20 Å². The summed E-state index contributed by atoms with van der Waals surface area (Å²) in [5, 5.41) is 12.1. The highest BCUT2D eigenvalue weighted by molar-refractivity contribution is 5.84. The van der Waals surface area contributed by atoms with E-state index in [1.807, 2.05) is 24.3 Å². The average molecular weight is 285 g/mol. The van der Waals surface area contributed by atoms with Gasteiger partial charge in [0.25, 0.3) is 0 Å². The number of aromatic nitrogens is 1. The monoisotopic (exact) mass is 285 g/mol. The normalized spacial score (nSPS) is 12.5. The first-order chi connectivity index (χ1) is 10.2. The Morgan fingerprint density at radius 1 is 0.952 bits per heavy atom. The van der Waals surface area contributed by atoms with Crippen LogP contribution in [0.25, 0.3) is 10.8 Å². The highest BCUT2D eigenvalue weighted by Crippen LogP contribution is 2.27. The zero-order valence-electron chi connectivity index (χ0n) is 11.1. The first kappa shape index (κ1) is 13.6. The van der Waals surface area contributed by atoms with Gasteiger partial charge < -0.3 is 5.11 Å². The molecule has 0 amide bonds. The second-order valence-corrected chi connectivity index (χ2v) is 4.87. The summed E-state index contributed by atoms with van der Waals surface area (Å²) in [4.78, 5) is 4.07. The summed E-state index contributed by atoms with van der Waals surface area (Å²) in [5.41, 5.74) is 0.452. The van der Waals surface area contributed by atoms with Gasteiger partial charge in [-0.15, -0.1) is 0 Å². The molecule has 2 aromatic carbocycles. The van der Waals surface area contributed by atoms with Crippen molar-refractivity contribution in [2.45, 2.75) is 12.5 Å². The standard InChI is InChI=1S/C17H13F2NO/c18-15-6-3-7-16(19)13(15)8-17(21)14-10-20-9-11-4-1-2-5-12(11)14/h1-7,9-10,17,21H,8H2. The SMILES string of the molecule is OC(Cc1c(F)cccc1F)c1cncc2ccccc12. The fourth-order valence-electron chi connectivity index (χ4n) is 2.44.